The summed E-state index contributed by atoms with van der Waals surface area (Å²) in [7, 11) is 2.16. The molecule has 2 aromatic carbocycles. The van der Waals surface area contributed by atoms with Gasteiger partial charge in [0.15, 0.2) is 0 Å². The van der Waals surface area contributed by atoms with Gasteiger partial charge in [0.25, 0.3) is 0 Å². The Hall–Kier alpha value is -2.22. The van der Waals surface area contributed by atoms with Gasteiger partial charge in [0.2, 0.25) is 11.2 Å². The molecule has 0 atom stereocenters. The Labute approximate surface area is 164 Å². The van der Waals surface area contributed by atoms with E-state index < -0.39 is 0 Å². The van der Waals surface area contributed by atoms with E-state index in [1.165, 1.54) is 39.0 Å². The van der Waals surface area contributed by atoms with E-state index in [1.54, 1.807) is 0 Å². The Morgan fingerprint density at radius 2 is 1.78 bits per heavy atom. The predicted octanol–water partition coefficient (Wildman–Crippen LogP) is 5.84. The maximum absolute atomic E-state index is 4.91. The largest absolute Gasteiger partial charge is 0.243 e. The fourth-order valence-electron chi connectivity index (χ4n) is 3.75. The minimum absolute atomic E-state index is 0.125. The van der Waals surface area contributed by atoms with Crippen LogP contribution < -0.4 is 4.57 Å². The van der Waals surface area contributed by atoms with Crippen molar-refractivity contribution in [3.05, 3.63) is 58.8 Å². The fraction of sp³-hybridized carbons (Fsp3) is 0.440. The lowest BCUT2D eigenvalue weighted by Gasteiger charge is -2.22. The number of rotatable bonds is 3. The van der Waals surface area contributed by atoms with Gasteiger partial charge in [-0.15, -0.1) is 0 Å². The second-order valence-corrected chi connectivity index (χ2v) is 9.30. The van der Waals surface area contributed by atoms with E-state index in [0.717, 1.165) is 11.9 Å². The molecule has 142 valence electrons. The summed E-state index contributed by atoms with van der Waals surface area (Å²) in [4.78, 5) is 4.91. The SMILES string of the molecule is Cc1cc(C(C)(C)C)cc(-c2cnc3c(CC(C)C)cccc3[n+]2C)c1C. The molecule has 3 aromatic rings. The van der Waals surface area contributed by atoms with Crippen LogP contribution in [0.15, 0.2) is 36.5 Å². The Balaban J connectivity index is 2.25. The van der Waals surface area contributed by atoms with Crippen molar-refractivity contribution in [1.29, 1.82) is 0 Å². The smallest absolute Gasteiger partial charge is 0.231 e. The summed E-state index contributed by atoms with van der Waals surface area (Å²) in [5, 5.41) is 0. The van der Waals surface area contributed by atoms with Crippen molar-refractivity contribution in [2.75, 3.05) is 0 Å². The molecule has 2 heteroatoms. The molecule has 0 aliphatic heterocycles. The van der Waals surface area contributed by atoms with Crippen molar-refractivity contribution >= 4 is 11.0 Å². The third kappa shape index (κ3) is 3.76. The van der Waals surface area contributed by atoms with Gasteiger partial charge in [0.05, 0.1) is 5.56 Å². The number of fused-ring (bicyclic) bond motifs is 1. The topological polar surface area (TPSA) is 16.8 Å². The molecule has 0 radical (unpaired) electrons. The number of para-hydroxylation sites is 1. The van der Waals surface area contributed by atoms with Gasteiger partial charge >= 0.3 is 0 Å². The molecule has 0 saturated carbocycles. The summed E-state index contributed by atoms with van der Waals surface area (Å²) in [6, 6.07) is 11.2. The van der Waals surface area contributed by atoms with E-state index in [-0.39, 0.29) is 5.41 Å². The zero-order chi connectivity index (χ0) is 19.9. The molecule has 2 nitrogen and oxygen atoms in total. The molecule has 3 rings (SSSR count). The monoisotopic (exact) mass is 361 g/mol. The number of hydrogen-bond acceptors (Lipinski definition) is 1. The average Bonchev–Trinajstić information content (AvgIpc) is 2.57. The maximum atomic E-state index is 4.91. The molecule has 0 unspecified atom stereocenters. The predicted molar refractivity (Wildman–Crippen MR) is 115 cm³/mol. The van der Waals surface area contributed by atoms with E-state index in [1.807, 2.05) is 0 Å². The first-order chi connectivity index (χ1) is 12.6. The van der Waals surface area contributed by atoms with Crippen LogP contribution in [0.5, 0.6) is 0 Å². The third-order valence-corrected chi connectivity index (χ3v) is 5.57. The lowest BCUT2D eigenvalue weighted by atomic mass is 9.83. The van der Waals surface area contributed by atoms with Crippen LogP contribution in [0.2, 0.25) is 0 Å². The minimum atomic E-state index is 0.125. The van der Waals surface area contributed by atoms with E-state index >= 15 is 0 Å². The average molecular weight is 362 g/mol. The molecular weight excluding hydrogens is 328 g/mol. The van der Waals surface area contributed by atoms with Crippen molar-refractivity contribution in [3.63, 3.8) is 0 Å². The minimum Gasteiger partial charge on any atom is -0.243 e. The molecule has 27 heavy (non-hydrogen) atoms. The second kappa shape index (κ2) is 7.07. The Kier molecular flexibility index (Phi) is 5.12. The fourth-order valence-corrected chi connectivity index (χ4v) is 3.75. The number of aromatic nitrogens is 2. The Morgan fingerprint density at radius 1 is 1.07 bits per heavy atom. The molecule has 0 fully saturated rings. The van der Waals surface area contributed by atoms with Crippen LogP contribution in [-0.2, 0) is 18.9 Å². The first-order valence-electron chi connectivity index (χ1n) is 9.98. The highest BCUT2D eigenvalue weighted by molar-refractivity contribution is 5.77. The molecule has 0 bridgehead atoms. The molecule has 0 aliphatic carbocycles. The quantitative estimate of drug-likeness (QED) is 0.536. The standard InChI is InChI=1S/C25H33N2/c1-16(2)12-19-10-9-11-22-24(19)26-15-23(27(22)8)21-14-20(25(5,6)7)13-17(3)18(21)4/h9-11,13-16H,12H2,1-8H3/q+1. The number of aryl methyl sites for hydroxylation is 2. The summed E-state index contributed by atoms with van der Waals surface area (Å²) >= 11 is 0. The first-order valence-corrected chi connectivity index (χ1v) is 9.98. The van der Waals surface area contributed by atoms with E-state index in [0.29, 0.717) is 5.92 Å². The van der Waals surface area contributed by atoms with E-state index in [9.17, 15) is 0 Å². The van der Waals surface area contributed by atoms with Crippen LogP contribution >= 0.6 is 0 Å². The summed E-state index contributed by atoms with van der Waals surface area (Å²) in [5.74, 6) is 0.621. The van der Waals surface area contributed by atoms with Crippen molar-refractivity contribution < 1.29 is 4.57 Å². The second-order valence-electron chi connectivity index (χ2n) is 9.30. The van der Waals surface area contributed by atoms with Crippen LogP contribution in [0.1, 0.15) is 56.9 Å². The van der Waals surface area contributed by atoms with Crippen molar-refractivity contribution in [1.82, 2.24) is 4.98 Å². The van der Waals surface area contributed by atoms with Crippen LogP contribution in [0.25, 0.3) is 22.3 Å². The summed E-state index contributed by atoms with van der Waals surface area (Å²) in [6.07, 6.45) is 3.11. The zero-order valence-electron chi connectivity index (χ0n) is 18.1. The van der Waals surface area contributed by atoms with Gasteiger partial charge in [-0.2, -0.15) is 4.57 Å². The van der Waals surface area contributed by atoms with Gasteiger partial charge < -0.3 is 0 Å². The molecular formula is C25H33N2+. The van der Waals surface area contributed by atoms with Crippen LogP contribution in [0, 0.1) is 19.8 Å². The highest BCUT2D eigenvalue weighted by atomic mass is 15.0. The van der Waals surface area contributed by atoms with Crippen LogP contribution in [0.3, 0.4) is 0 Å². The number of benzene rings is 2. The molecule has 1 aromatic heterocycles. The van der Waals surface area contributed by atoms with Gasteiger partial charge in [0.1, 0.15) is 18.8 Å². The summed E-state index contributed by atoms with van der Waals surface area (Å²) in [6.45, 7) is 15.8. The van der Waals surface area contributed by atoms with Gasteiger partial charge in [-0.1, -0.05) is 52.8 Å². The van der Waals surface area contributed by atoms with Crippen molar-refractivity contribution in [2.24, 2.45) is 13.0 Å². The molecule has 0 amide bonds. The molecule has 1 heterocycles. The highest BCUT2D eigenvalue weighted by Crippen LogP contribution is 2.31. The summed E-state index contributed by atoms with van der Waals surface area (Å²) in [5.41, 5.74) is 10.3. The third-order valence-electron chi connectivity index (χ3n) is 5.57. The molecule has 0 spiro atoms. The summed E-state index contributed by atoms with van der Waals surface area (Å²) < 4.78 is 2.31. The van der Waals surface area contributed by atoms with Crippen molar-refractivity contribution in [3.8, 4) is 11.3 Å². The van der Waals surface area contributed by atoms with Gasteiger partial charge in [-0.3, -0.25) is 0 Å². The van der Waals surface area contributed by atoms with Gasteiger partial charge in [0, 0.05) is 6.07 Å². The van der Waals surface area contributed by atoms with Crippen LogP contribution in [-0.4, -0.2) is 4.98 Å². The Bertz CT molecular complexity index is 991. The Morgan fingerprint density at radius 3 is 2.41 bits per heavy atom. The number of hydrogen-bond donors (Lipinski definition) is 0. The van der Waals surface area contributed by atoms with E-state index in [2.05, 4.69) is 96.6 Å². The highest BCUT2D eigenvalue weighted by Gasteiger charge is 2.22. The lowest BCUT2D eigenvalue weighted by Crippen LogP contribution is -2.33. The number of nitrogens with zero attached hydrogens (tertiary/aromatic N) is 2. The lowest BCUT2D eigenvalue weighted by molar-refractivity contribution is -0.634. The van der Waals surface area contributed by atoms with E-state index in [4.69, 9.17) is 4.98 Å². The van der Waals surface area contributed by atoms with Crippen molar-refractivity contribution in [2.45, 2.75) is 60.3 Å². The molecule has 0 aliphatic rings. The van der Waals surface area contributed by atoms with Crippen LogP contribution in [0.4, 0.5) is 0 Å². The van der Waals surface area contributed by atoms with Gasteiger partial charge in [-0.05, 0) is 59.9 Å². The van der Waals surface area contributed by atoms with Gasteiger partial charge in [-0.25, -0.2) is 4.98 Å². The maximum Gasteiger partial charge on any atom is 0.231 e. The first kappa shape index (κ1) is 19.5. The normalized spacial score (nSPS) is 12.2. The zero-order valence-corrected chi connectivity index (χ0v) is 18.1. The molecule has 0 saturated heterocycles. The molecule has 0 N–H and O–H groups in total.